The molecule has 1 nitrogen and oxygen atoms in total. The SMILES string of the molecule is [O-]Cc1ccc(C(F)(F)F)cc1. The van der Waals surface area contributed by atoms with Gasteiger partial charge >= 0.3 is 6.18 Å². The van der Waals surface area contributed by atoms with Crippen molar-refractivity contribution in [2.24, 2.45) is 0 Å². The minimum absolute atomic E-state index is 0.364. The highest BCUT2D eigenvalue weighted by Crippen LogP contribution is 2.28. The van der Waals surface area contributed by atoms with Crippen molar-refractivity contribution in [3.63, 3.8) is 0 Å². The van der Waals surface area contributed by atoms with Crippen molar-refractivity contribution < 1.29 is 18.3 Å². The lowest BCUT2D eigenvalue weighted by Gasteiger charge is -2.08. The maximum Gasteiger partial charge on any atom is 0.416 e. The smallest absolute Gasteiger partial charge is 0.416 e. The van der Waals surface area contributed by atoms with E-state index in [0.29, 0.717) is 5.56 Å². The molecule has 0 bridgehead atoms. The van der Waals surface area contributed by atoms with E-state index in [4.69, 9.17) is 0 Å². The second-order valence-electron chi connectivity index (χ2n) is 2.34. The molecular formula is C8H6F3O-. The van der Waals surface area contributed by atoms with Gasteiger partial charge in [-0.05, 0) is 12.1 Å². The van der Waals surface area contributed by atoms with Gasteiger partial charge in [0.15, 0.2) is 0 Å². The number of hydrogen-bond acceptors (Lipinski definition) is 1. The maximum absolute atomic E-state index is 11.9. The molecule has 0 aliphatic carbocycles. The molecular weight excluding hydrogens is 169 g/mol. The van der Waals surface area contributed by atoms with Crippen molar-refractivity contribution in [1.82, 2.24) is 0 Å². The standard InChI is InChI=1S/C8H6F3O/c9-8(10,11)7-3-1-6(5-12)2-4-7/h1-4H,5H2/q-1. The van der Waals surface area contributed by atoms with Crippen LogP contribution in [0.1, 0.15) is 11.1 Å². The number of rotatable bonds is 1. The Morgan fingerprint density at radius 3 is 1.92 bits per heavy atom. The fourth-order valence-corrected chi connectivity index (χ4v) is 0.790. The number of benzene rings is 1. The molecule has 0 aromatic heterocycles. The Morgan fingerprint density at radius 1 is 1.08 bits per heavy atom. The van der Waals surface area contributed by atoms with Gasteiger partial charge in [0.25, 0.3) is 0 Å². The Morgan fingerprint density at radius 2 is 1.58 bits per heavy atom. The van der Waals surface area contributed by atoms with Crippen molar-refractivity contribution in [1.29, 1.82) is 0 Å². The zero-order valence-electron chi connectivity index (χ0n) is 6.06. The maximum atomic E-state index is 11.9. The first-order valence-electron chi connectivity index (χ1n) is 3.28. The molecule has 1 aromatic carbocycles. The summed E-state index contributed by atoms with van der Waals surface area (Å²) in [6, 6.07) is 4.20. The first-order chi connectivity index (χ1) is 5.54. The fraction of sp³-hybridized carbons (Fsp3) is 0.250. The highest BCUT2D eigenvalue weighted by atomic mass is 19.4. The van der Waals surface area contributed by atoms with Crippen LogP contribution in [0, 0.1) is 0 Å². The molecule has 4 heteroatoms. The molecule has 0 heterocycles. The van der Waals surface area contributed by atoms with Crippen molar-refractivity contribution in [3.05, 3.63) is 35.4 Å². The molecule has 0 atom stereocenters. The summed E-state index contributed by atoms with van der Waals surface area (Å²) in [5.74, 6) is 0. The summed E-state index contributed by atoms with van der Waals surface area (Å²) in [5.41, 5.74) is -0.359. The summed E-state index contributed by atoms with van der Waals surface area (Å²) >= 11 is 0. The summed E-state index contributed by atoms with van der Waals surface area (Å²) in [5, 5.41) is 10.2. The molecule has 12 heavy (non-hydrogen) atoms. The van der Waals surface area contributed by atoms with Gasteiger partial charge in [0.05, 0.1) is 5.56 Å². The minimum atomic E-state index is -4.32. The van der Waals surface area contributed by atoms with Crippen molar-refractivity contribution in [2.45, 2.75) is 12.8 Å². The Balaban J connectivity index is 2.93. The molecule has 0 radical (unpaired) electrons. The van der Waals surface area contributed by atoms with E-state index < -0.39 is 18.3 Å². The van der Waals surface area contributed by atoms with Gasteiger partial charge in [0, 0.05) is 0 Å². The molecule has 1 aromatic rings. The molecule has 0 fully saturated rings. The Hall–Kier alpha value is -1.03. The van der Waals surface area contributed by atoms with Gasteiger partial charge in [-0.15, -0.1) is 6.61 Å². The van der Waals surface area contributed by atoms with E-state index in [1.165, 1.54) is 12.1 Å². The highest BCUT2D eigenvalue weighted by molar-refractivity contribution is 5.23. The van der Waals surface area contributed by atoms with Crippen LogP contribution in [-0.2, 0) is 12.8 Å². The lowest BCUT2D eigenvalue weighted by molar-refractivity contribution is -0.386. The van der Waals surface area contributed by atoms with Crippen molar-refractivity contribution >= 4 is 0 Å². The van der Waals surface area contributed by atoms with E-state index in [9.17, 15) is 18.3 Å². The summed E-state index contributed by atoms with van der Waals surface area (Å²) in [6.45, 7) is -0.488. The summed E-state index contributed by atoms with van der Waals surface area (Å²) < 4.78 is 35.8. The number of halogens is 3. The summed E-state index contributed by atoms with van der Waals surface area (Å²) in [4.78, 5) is 0. The van der Waals surface area contributed by atoms with Crippen molar-refractivity contribution in [2.75, 3.05) is 0 Å². The van der Waals surface area contributed by atoms with E-state index in [-0.39, 0.29) is 0 Å². The lowest BCUT2D eigenvalue weighted by Crippen LogP contribution is -2.06. The summed E-state index contributed by atoms with van der Waals surface area (Å²) in [6.07, 6.45) is -4.32. The van der Waals surface area contributed by atoms with Crippen LogP contribution in [0.4, 0.5) is 13.2 Å². The second-order valence-corrected chi connectivity index (χ2v) is 2.34. The Kier molecular flexibility index (Phi) is 2.38. The van der Waals surface area contributed by atoms with Crippen LogP contribution >= 0.6 is 0 Å². The van der Waals surface area contributed by atoms with Gasteiger partial charge < -0.3 is 5.11 Å². The van der Waals surface area contributed by atoms with Crippen molar-refractivity contribution in [3.8, 4) is 0 Å². The first-order valence-corrected chi connectivity index (χ1v) is 3.28. The molecule has 0 amide bonds. The predicted octanol–water partition coefficient (Wildman–Crippen LogP) is 1.57. The molecule has 1 rings (SSSR count). The average Bonchev–Trinajstić information content (AvgIpc) is 2.03. The molecule has 0 aliphatic heterocycles. The molecule has 0 unspecified atom stereocenters. The number of alkyl halides is 3. The molecule has 66 valence electrons. The fourth-order valence-electron chi connectivity index (χ4n) is 0.790. The van der Waals surface area contributed by atoms with Crippen LogP contribution in [0.5, 0.6) is 0 Å². The number of hydrogen-bond donors (Lipinski definition) is 0. The van der Waals surface area contributed by atoms with Gasteiger partial charge in [-0.1, -0.05) is 17.7 Å². The first kappa shape index (κ1) is 9.06. The molecule has 0 saturated carbocycles. The van der Waals surface area contributed by atoms with E-state index >= 15 is 0 Å². The second kappa shape index (κ2) is 3.15. The normalized spacial score (nSPS) is 11.7. The zero-order valence-corrected chi connectivity index (χ0v) is 6.06. The van der Waals surface area contributed by atoms with Gasteiger partial charge in [-0.2, -0.15) is 13.2 Å². The topological polar surface area (TPSA) is 23.1 Å². The lowest BCUT2D eigenvalue weighted by atomic mass is 10.1. The molecule has 0 N–H and O–H groups in total. The minimum Gasteiger partial charge on any atom is -0.851 e. The van der Waals surface area contributed by atoms with Gasteiger partial charge in [0.1, 0.15) is 0 Å². The molecule has 0 saturated heterocycles. The third kappa shape index (κ3) is 1.98. The van der Waals surface area contributed by atoms with Gasteiger partial charge in [-0.25, -0.2) is 0 Å². The Labute approximate surface area is 67.5 Å². The van der Waals surface area contributed by atoms with Crippen LogP contribution in [0.25, 0.3) is 0 Å². The van der Waals surface area contributed by atoms with Crippen LogP contribution in [0.2, 0.25) is 0 Å². The molecule has 0 aliphatic rings. The Bertz CT molecular complexity index is 250. The highest BCUT2D eigenvalue weighted by Gasteiger charge is 2.29. The summed E-state index contributed by atoms with van der Waals surface area (Å²) in [7, 11) is 0. The van der Waals surface area contributed by atoms with E-state index in [0.717, 1.165) is 12.1 Å². The van der Waals surface area contributed by atoms with Crippen LogP contribution < -0.4 is 5.11 Å². The average molecular weight is 175 g/mol. The van der Waals surface area contributed by atoms with E-state index in [2.05, 4.69) is 0 Å². The zero-order chi connectivity index (χ0) is 9.19. The largest absolute Gasteiger partial charge is 0.851 e. The molecule has 0 spiro atoms. The third-order valence-electron chi connectivity index (χ3n) is 1.45. The monoisotopic (exact) mass is 175 g/mol. The third-order valence-corrected chi connectivity index (χ3v) is 1.45. The van der Waals surface area contributed by atoms with Crippen LogP contribution in [-0.4, -0.2) is 0 Å². The van der Waals surface area contributed by atoms with E-state index in [1.807, 2.05) is 0 Å². The quantitative estimate of drug-likeness (QED) is 0.635. The van der Waals surface area contributed by atoms with Crippen LogP contribution in [0.15, 0.2) is 24.3 Å². The van der Waals surface area contributed by atoms with Gasteiger partial charge in [0.2, 0.25) is 0 Å². The van der Waals surface area contributed by atoms with E-state index in [1.54, 1.807) is 0 Å². The van der Waals surface area contributed by atoms with Crippen LogP contribution in [0.3, 0.4) is 0 Å². The predicted molar refractivity (Wildman–Crippen MR) is 35.1 cm³/mol. The van der Waals surface area contributed by atoms with Gasteiger partial charge in [-0.3, -0.25) is 0 Å².